The summed E-state index contributed by atoms with van der Waals surface area (Å²) in [6.45, 7) is 3.59. The Bertz CT molecular complexity index is 1020. The summed E-state index contributed by atoms with van der Waals surface area (Å²) in [6, 6.07) is 9.40. The molecule has 0 atom stereocenters. The van der Waals surface area contributed by atoms with E-state index in [1.54, 1.807) is 0 Å². The second kappa shape index (κ2) is 8.97. The molecule has 10 heteroatoms. The number of nitrogens with zero attached hydrogens (tertiary/aromatic N) is 2. The summed E-state index contributed by atoms with van der Waals surface area (Å²) >= 11 is 0. The number of hydrogen-bond donors (Lipinski definition) is 0. The summed E-state index contributed by atoms with van der Waals surface area (Å²) < 4.78 is 57.5. The Hall–Kier alpha value is -2.04. The van der Waals surface area contributed by atoms with Gasteiger partial charge in [-0.05, 0) is 17.9 Å². The highest BCUT2D eigenvalue weighted by Gasteiger charge is 2.23. The molecule has 1 aromatic heterocycles. The first-order chi connectivity index (χ1) is 13.0. The second-order valence-corrected chi connectivity index (χ2v) is 10.4. The predicted octanol–water partition coefficient (Wildman–Crippen LogP) is 2.13. The standard InChI is InChI=1S/C18H24N2O6S2/c1-13(2)10-15-17(25-11-14-8-6-5-7-9-14)19-16(12-26-28(4,23)24)18(20-15)27(3,21)22/h5-9,13H,10-12H2,1-4H3. The van der Waals surface area contributed by atoms with Gasteiger partial charge in [0.2, 0.25) is 5.88 Å². The normalized spacial score (nSPS) is 12.3. The number of hydrogen-bond acceptors (Lipinski definition) is 8. The molecule has 0 aliphatic heterocycles. The zero-order chi connectivity index (χ0) is 20.9. The number of rotatable bonds is 9. The Morgan fingerprint density at radius 2 is 1.57 bits per heavy atom. The minimum atomic E-state index is -3.79. The van der Waals surface area contributed by atoms with Gasteiger partial charge in [-0.1, -0.05) is 44.2 Å². The minimum absolute atomic E-state index is 0.108. The van der Waals surface area contributed by atoms with E-state index in [2.05, 4.69) is 9.97 Å². The van der Waals surface area contributed by atoms with E-state index < -0.39 is 26.6 Å². The van der Waals surface area contributed by atoms with Crippen LogP contribution in [0, 0.1) is 5.92 Å². The Morgan fingerprint density at radius 3 is 2.11 bits per heavy atom. The first kappa shape index (κ1) is 22.3. The third-order valence-electron chi connectivity index (χ3n) is 3.55. The molecular formula is C18H24N2O6S2. The highest BCUT2D eigenvalue weighted by molar-refractivity contribution is 7.90. The van der Waals surface area contributed by atoms with Gasteiger partial charge in [-0.25, -0.2) is 18.4 Å². The van der Waals surface area contributed by atoms with E-state index in [1.165, 1.54) is 0 Å². The molecule has 0 unspecified atom stereocenters. The van der Waals surface area contributed by atoms with Gasteiger partial charge in [0.15, 0.2) is 14.9 Å². The molecule has 0 N–H and O–H groups in total. The average molecular weight is 429 g/mol. The summed E-state index contributed by atoms with van der Waals surface area (Å²) in [7, 11) is -7.53. The van der Waals surface area contributed by atoms with Crippen molar-refractivity contribution >= 4 is 20.0 Å². The van der Waals surface area contributed by atoms with Crippen LogP contribution in [0.1, 0.15) is 30.8 Å². The van der Waals surface area contributed by atoms with Crippen molar-refractivity contribution in [3.63, 3.8) is 0 Å². The van der Waals surface area contributed by atoms with Crippen LogP contribution in [0.3, 0.4) is 0 Å². The van der Waals surface area contributed by atoms with Crippen molar-refractivity contribution in [2.24, 2.45) is 5.92 Å². The highest BCUT2D eigenvalue weighted by atomic mass is 32.2. The molecule has 8 nitrogen and oxygen atoms in total. The molecular weight excluding hydrogens is 404 g/mol. The second-order valence-electron chi connectivity index (χ2n) is 6.84. The monoisotopic (exact) mass is 428 g/mol. The van der Waals surface area contributed by atoms with Gasteiger partial charge < -0.3 is 4.74 Å². The van der Waals surface area contributed by atoms with E-state index in [0.717, 1.165) is 18.1 Å². The maximum Gasteiger partial charge on any atom is 0.264 e. The van der Waals surface area contributed by atoms with Gasteiger partial charge in [0.05, 0.1) is 6.26 Å². The van der Waals surface area contributed by atoms with E-state index in [0.29, 0.717) is 12.1 Å². The summed E-state index contributed by atoms with van der Waals surface area (Å²) in [5.41, 5.74) is 1.19. The lowest BCUT2D eigenvalue weighted by atomic mass is 10.1. The Labute approximate surface area is 166 Å². The van der Waals surface area contributed by atoms with Crippen LogP contribution in [-0.4, -0.2) is 39.3 Å². The zero-order valence-corrected chi connectivity index (χ0v) is 17.9. The van der Waals surface area contributed by atoms with Gasteiger partial charge in [-0.3, -0.25) is 4.18 Å². The van der Waals surface area contributed by atoms with Crippen LogP contribution in [0.25, 0.3) is 0 Å². The lowest BCUT2D eigenvalue weighted by molar-refractivity contribution is 0.272. The zero-order valence-electron chi connectivity index (χ0n) is 16.2. The Morgan fingerprint density at radius 1 is 0.929 bits per heavy atom. The van der Waals surface area contributed by atoms with Crippen molar-refractivity contribution in [2.45, 2.75) is 38.5 Å². The van der Waals surface area contributed by atoms with Crippen LogP contribution < -0.4 is 4.74 Å². The van der Waals surface area contributed by atoms with E-state index in [-0.39, 0.29) is 29.1 Å². The molecule has 0 aliphatic rings. The van der Waals surface area contributed by atoms with Gasteiger partial charge in [0.25, 0.3) is 10.1 Å². The van der Waals surface area contributed by atoms with Crippen LogP contribution in [-0.2, 0) is 43.8 Å². The number of ether oxygens (including phenoxy) is 1. The first-order valence-corrected chi connectivity index (χ1v) is 12.3. The van der Waals surface area contributed by atoms with Crippen molar-refractivity contribution < 1.29 is 25.8 Å². The van der Waals surface area contributed by atoms with Crippen molar-refractivity contribution in [1.29, 1.82) is 0 Å². The summed E-state index contributed by atoms with van der Waals surface area (Å²) in [5, 5.41) is -0.307. The van der Waals surface area contributed by atoms with Crippen LogP contribution in [0.4, 0.5) is 0 Å². The lowest BCUT2D eigenvalue weighted by Gasteiger charge is -2.15. The fourth-order valence-corrected chi connectivity index (χ4v) is 3.52. The average Bonchev–Trinajstić information content (AvgIpc) is 2.58. The maximum absolute atomic E-state index is 12.2. The topological polar surface area (TPSA) is 113 Å². The maximum atomic E-state index is 12.2. The summed E-state index contributed by atoms with van der Waals surface area (Å²) in [5.74, 6) is 0.343. The first-order valence-electron chi connectivity index (χ1n) is 8.56. The summed E-state index contributed by atoms with van der Waals surface area (Å²) in [4.78, 5) is 8.50. The molecule has 1 aromatic carbocycles. The molecule has 0 bridgehead atoms. The molecule has 0 saturated carbocycles. The fourth-order valence-electron chi connectivity index (χ4n) is 2.38. The highest BCUT2D eigenvalue weighted by Crippen LogP contribution is 2.24. The van der Waals surface area contributed by atoms with Gasteiger partial charge in [0, 0.05) is 6.26 Å². The Kier molecular flexibility index (Phi) is 7.13. The molecule has 2 rings (SSSR count). The van der Waals surface area contributed by atoms with Crippen molar-refractivity contribution in [3.05, 3.63) is 47.3 Å². The van der Waals surface area contributed by atoms with Crippen LogP contribution >= 0.6 is 0 Å². The minimum Gasteiger partial charge on any atom is -0.471 e. The van der Waals surface area contributed by atoms with Crippen LogP contribution in [0.5, 0.6) is 5.88 Å². The molecule has 0 saturated heterocycles. The molecule has 1 heterocycles. The van der Waals surface area contributed by atoms with E-state index in [4.69, 9.17) is 8.92 Å². The molecule has 0 radical (unpaired) electrons. The molecule has 28 heavy (non-hydrogen) atoms. The molecule has 0 aliphatic carbocycles. The molecule has 0 spiro atoms. The fraction of sp³-hybridized carbons (Fsp3) is 0.444. The quantitative estimate of drug-likeness (QED) is 0.558. The summed E-state index contributed by atoms with van der Waals surface area (Å²) in [6.07, 6.45) is 2.32. The number of benzene rings is 1. The number of sulfone groups is 1. The molecule has 2 aromatic rings. The molecule has 0 fully saturated rings. The predicted molar refractivity (Wildman–Crippen MR) is 104 cm³/mol. The van der Waals surface area contributed by atoms with Crippen molar-refractivity contribution in [3.8, 4) is 5.88 Å². The van der Waals surface area contributed by atoms with Gasteiger partial charge in [-0.15, -0.1) is 0 Å². The van der Waals surface area contributed by atoms with Crippen molar-refractivity contribution in [1.82, 2.24) is 9.97 Å². The van der Waals surface area contributed by atoms with Crippen LogP contribution in [0.2, 0.25) is 0 Å². The third kappa shape index (κ3) is 6.84. The largest absolute Gasteiger partial charge is 0.471 e. The van der Waals surface area contributed by atoms with Gasteiger partial charge in [0.1, 0.15) is 24.6 Å². The van der Waals surface area contributed by atoms with Gasteiger partial charge in [-0.2, -0.15) is 8.42 Å². The third-order valence-corrected chi connectivity index (χ3v) is 5.12. The molecule has 0 amide bonds. The van der Waals surface area contributed by atoms with E-state index in [1.807, 2.05) is 44.2 Å². The SMILES string of the molecule is CC(C)Cc1nc(S(C)(=O)=O)c(COS(C)(=O)=O)nc1OCc1ccccc1. The lowest BCUT2D eigenvalue weighted by Crippen LogP contribution is -2.16. The molecule has 154 valence electrons. The van der Waals surface area contributed by atoms with E-state index in [9.17, 15) is 16.8 Å². The van der Waals surface area contributed by atoms with Gasteiger partial charge >= 0.3 is 0 Å². The Balaban J connectivity index is 2.47. The van der Waals surface area contributed by atoms with Crippen LogP contribution in [0.15, 0.2) is 35.4 Å². The van der Waals surface area contributed by atoms with Crippen molar-refractivity contribution in [2.75, 3.05) is 12.5 Å². The van der Waals surface area contributed by atoms with E-state index >= 15 is 0 Å². The number of aromatic nitrogens is 2. The smallest absolute Gasteiger partial charge is 0.264 e.